The van der Waals surface area contributed by atoms with Crippen molar-refractivity contribution >= 4 is 26.2 Å². The fourth-order valence-corrected chi connectivity index (χ4v) is 0. The quantitative estimate of drug-likeness (QED) is 0.459. The van der Waals surface area contributed by atoms with Crippen molar-refractivity contribution in [3.05, 3.63) is 0 Å². The molecule has 0 rings (SSSR count). The Labute approximate surface area is 38.0 Å². The van der Waals surface area contributed by atoms with Crippen molar-refractivity contribution in [3.63, 3.8) is 0 Å². The van der Waals surface area contributed by atoms with Crippen molar-refractivity contribution in [2.75, 3.05) is 0 Å². The summed E-state index contributed by atoms with van der Waals surface area (Å²) in [6.45, 7) is 0. The minimum atomic E-state index is 0. The first kappa shape index (κ1) is 8.83. The Balaban J connectivity index is 0. The Morgan fingerprint density at radius 3 is 1.75 bits per heavy atom. The Kier molecular flexibility index (Phi) is 22.1. The van der Waals surface area contributed by atoms with Gasteiger partial charge in [0.05, 0.1) is 5.81 Å². The largest absolute Gasteiger partial charge is 0.194 e. The Morgan fingerprint density at radius 2 is 1.75 bits per heavy atom. The predicted octanol–water partition coefficient (Wildman–Crippen LogP) is 0.920. The molecule has 0 heterocycles. The molecule has 0 aliphatic carbocycles. The molecule has 0 aromatic rings. The van der Waals surface area contributed by atoms with E-state index >= 15 is 0 Å². The van der Waals surface area contributed by atoms with Gasteiger partial charge in [0.15, 0.2) is 0 Å². The molecule has 0 N–H and O–H groups in total. The predicted molar refractivity (Wildman–Crippen MR) is 25.6 cm³/mol. The highest BCUT2D eigenvalue weighted by molar-refractivity contribution is 8.93. The van der Waals surface area contributed by atoms with E-state index in [0.29, 0.717) is 0 Å². The summed E-state index contributed by atoms with van der Waals surface area (Å²) in [7, 11) is 1.88. The maximum atomic E-state index is 7.28. The van der Waals surface area contributed by atoms with Crippen LogP contribution in [0, 0.1) is 11.1 Å². The maximum absolute atomic E-state index is 7.28. The van der Waals surface area contributed by atoms with Crippen LogP contribution in [0.5, 0.6) is 0 Å². The maximum Gasteiger partial charge on any atom is 0.0804 e. The van der Waals surface area contributed by atoms with Crippen LogP contribution in [0.1, 0.15) is 0 Å². The summed E-state index contributed by atoms with van der Waals surface area (Å²) < 4.78 is 0. The standard InChI is InChI=1S/CH2NP.BrH/c2-1-3;/h3H2;1H. The fourth-order valence-electron chi connectivity index (χ4n) is 0. The first-order valence-corrected chi connectivity index (χ1v) is 1.09. The second-order valence-electron chi connectivity index (χ2n) is 0.129. The molecule has 0 aromatic carbocycles. The van der Waals surface area contributed by atoms with Crippen LogP contribution in [0.2, 0.25) is 0 Å². The summed E-state index contributed by atoms with van der Waals surface area (Å²) in [6.07, 6.45) is 0. The zero-order chi connectivity index (χ0) is 2.71. The molecule has 0 amide bonds. The van der Waals surface area contributed by atoms with E-state index in [4.69, 9.17) is 5.26 Å². The molecule has 0 spiro atoms. The minimum Gasteiger partial charge on any atom is -0.194 e. The smallest absolute Gasteiger partial charge is 0.0804 e. The van der Waals surface area contributed by atoms with E-state index in [1.165, 1.54) is 0 Å². The molecule has 1 unspecified atom stereocenters. The zero-order valence-electron chi connectivity index (χ0n) is 1.93. The lowest BCUT2D eigenvalue weighted by Crippen LogP contribution is -0.917. The van der Waals surface area contributed by atoms with E-state index in [9.17, 15) is 0 Å². The molecule has 0 radical (unpaired) electrons. The van der Waals surface area contributed by atoms with Gasteiger partial charge in [0.2, 0.25) is 0 Å². The first-order chi connectivity index (χ1) is 1.41. The molecule has 0 bridgehead atoms. The minimum absolute atomic E-state index is 0. The number of hydrogen-bond acceptors (Lipinski definition) is 1. The van der Waals surface area contributed by atoms with Gasteiger partial charge in [-0.05, 0) is 9.24 Å². The number of halogens is 1. The van der Waals surface area contributed by atoms with Crippen LogP contribution in [0.4, 0.5) is 0 Å². The summed E-state index contributed by atoms with van der Waals surface area (Å²) in [5, 5.41) is 7.28. The molecule has 0 saturated carbocycles. The van der Waals surface area contributed by atoms with Crippen LogP contribution in [0.25, 0.3) is 0 Å². The van der Waals surface area contributed by atoms with Crippen molar-refractivity contribution in [3.8, 4) is 5.81 Å². The monoisotopic (exact) mass is 139 g/mol. The Bertz CT molecular complexity index is 29.5. The van der Waals surface area contributed by atoms with E-state index in [-0.39, 0.29) is 17.0 Å². The molecule has 4 heavy (non-hydrogen) atoms. The lowest BCUT2D eigenvalue weighted by Gasteiger charge is -1.15. The molecule has 1 atom stereocenters. The van der Waals surface area contributed by atoms with Crippen molar-refractivity contribution in [1.29, 1.82) is 5.26 Å². The van der Waals surface area contributed by atoms with Gasteiger partial charge in [0.25, 0.3) is 0 Å². The first-order valence-electron chi connectivity index (χ1n) is 0.512. The summed E-state index contributed by atoms with van der Waals surface area (Å²) in [5.41, 5.74) is 0. The van der Waals surface area contributed by atoms with Gasteiger partial charge in [0.1, 0.15) is 0 Å². The lowest BCUT2D eigenvalue weighted by molar-refractivity contribution is 1.57. The third kappa shape index (κ3) is 29.4. The van der Waals surface area contributed by atoms with Crippen LogP contribution >= 0.6 is 26.2 Å². The van der Waals surface area contributed by atoms with Crippen molar-refractivity contribution in [2.24, 2.45) is 0 Å². The van der Waals surface area contributed by atoms with Gasteiger partial charge in [-0.25, -0.2) is 0 Å². The molecule has 0 aromatic heterocycles. The van der Waals surface area contributed by atoms with Gasteiger partial charge < -0.3 is 0 Å². The molecule has 0 fully saturated rings. The number of nitrogens with zero attached hydrogens (tertiary/aromatic N) is 1. The topological polar surface area (TPSA) is 23.8 Å². The number of rotatable bonds is 0. The van der Waals surface area contributed by atoms with Crippen LogP contribution in [0.3, 0.4) is 0 Å². The molecular weight excluding hydrogens is 137 g/mol. The highest BCUT2D eigenvalue weighted by Crippen LogP contribution is 1.59. The van der Waals surface area contributed by atoms with E-state index in [1.54, 1.807) is 5.81 Å². The van der Waals surface area contributed by atoms with Crippen molar-refractivity contribution in [1.82, 2.24) is 0 Å². The third-order valence-electron chi connectivity index (χ3n) is 0. The van der Waals surface area contributed by atoms with Crippen LogP contribution in [0.15, 0.2) is 0 Å². The molecule has 0 saturated heterocycles. The molecule has 3 heteroatoms. The van der Waals surface area contributed by atoms with Gasteiger partial charge >= 0.3 is 0 Å². The van der Waals surface area contributed by atoms with Gasteiger partial charge in [0, 0.05) is 0 Å². The summed E-state index contributed by atoms with van der Waals surface area (Å²) in [5.74, 6) is 1.67. The molecule has 24 valence electrons. The van der Waals surface area contributed by atoms with Crippen LogP contribution in [-0.4, -0.2) is 0 Å². The zero-order valence-corrected chi connectivity index (χ0v) is 4.80. The molecular formula is CH3BrNP. The second kappa shape index (κ2) is 9.99. The Hall–Kier alpha value is 0.400. The van der Waals surface area contributed by atoms with Gasteiger partial charge in [-0.2, -0.15) is 5.26 Å². The highest BCUT2D eigenvalue weighted by Gasteiger charge is 1.17. The van der Waals surface area contributed by atoms with Gasteiger partial charge in [-0.1, -0.05) is 0 Å². The summed E-state index contributed by atoms with van der Waals surface area (Å²) >= 11 is 0. The third-order valence-corrected chi connectivity index (χ3v) is 0. The van der Waals surface area contributed by atoms with Gasteiger partial charge in [-0.15, -0.1) is 17.0 Å². The number of nitriles is 1. The normalized spacial score (nSPS) is 2.00. The molecule has 1 nitrogen and oxygen atoms in total. The van der Waals surface area contributed by atoms with Gasteiger partial charge in [-0.3, -0.25) is 0 Å². The summed E-state index contributed by atoms with van der Waals surface area (Å²) in [4.78, 5) is 0. The van der Waals surface area contributed by atoms with E-state index < -0.39 is 0 Å². The molecule has 0 aliphatic heterocycles. The fraction of sp³-hybridized carbons (Fsp3) is 0. The van der Waals surface area contributed by atoms with Crippen molar-refractivity contribution < 1.29 is 0 Å². The van der Waals surface area contributed by atoms with E-state index in [1.807, 2.05) is 9.24 Å². The van der Waals surface area contributed by atoms with Crippen LogP contribution < -0.4 is 0 Å². The molecule has 0 aliphatic rings. The van der Waals surface area contributed by atoms with Crippen molar-refractivity contribution in [2.45, 2.75) is 0 Å². The van der Waals surface area contributed by atoms with Crippen LogP contribution in [-0.2, 0) is 0 Å². The van der Waals surface area contributed by atoms with E-state index in [0.717, 1.165) is 0 Å². The highest BCUT2D eigenvalue weighted by atomic mass is 79.9. The average Bonchev–Trinajstić information content (AvgIpc) is 0.918. The van der Waals surface area contributed by atoms with E-state index in [2.05, 4.69) is 0 Å². The summed E-state index contributed by atoms with van der Waals surface area (Å²) in [6, 6.07) is 0. The lowest BCUT2D eigenvalue weighted by atomic mass is 11.8. The second-order valence-corrected chi connectivity index (χ2v) is 0.387. The average molecular weight is 140 g/mol. The Morgan fingerprint density at radius 1 is 1.75 bits per heavy atom. The SMILES string of the molecule is Br.N#CP. The number of hydrogen-bond donors (Lipinski definition) is 0.